The summed E-state index contributed by atoms with van der Waals surface area (Å²) in [4.78, 5) is 0. The van der Waals surface area contributed by atoms with Crippen molar-refractivity contribution in [1.82, 2.24) is 0 Å². The Labute approximate surface area is 82.8 Å². The van der Waals surface area contributed by atoms with E-state index in [4.69, 9.17) is 5.26 Å². The van der Waals surface area contributed by atoms with E-state index < -0.39 is 24.3 Å². The molecular formula is C5H9NO6PS+. The highest BCUT2D eigenvalue weighted by atomic mass is 32.3. The fraction of sp³-hybridized carbons (Fsp3) is 0.800. The Morgan fingerprint density at radius 3 is 2.50 bits per heavy atom. The van der Waals surface area contributed by atoms with E-state index >= 15 is 0 Å². The second kappa shape index (κ2) is 6.01. The maximum atomic E-state index is 11.0. The molecule has 0 rings (SSSR count). The molecule has 0 radical (unpaired) electrons. The van der Waals surface area contributed by atoms with E-state index in [1.165, 1.54) is 6.07 Å². The molecule has 0 aliphatic carbocycles. The van der Waals surface area contributed by atoms with Gasteiger partial charge in [0.1, 0.15) is 0 Å². The van der Waals surface area contributed by atoms with Crippen LogP contribution in [0.25, 0.3) is 0 Å². The average molecular weight is 242 g/mol. The van der Waals surface area contributed by atoms with Crippen LogP contribution in [0.1, 0.15) is 6.92 Å². The van der Waals surface area contributed by atoms with Gasteiger partial charge in [-0.2, -0.15) is 17.9 Å². The van der Waals surface area contributed by atoms with Gasteiger partial charge in [-0.1, -0.05) is 0 Å². The van der Waals surface area contributed by atoms with Crippen LogP contribution in [0.3, 0.4) is 0 Å². The summed E-state index contributed by atoms with van der Waals surface area (Å²) in [6.07, 6.45) is 0. The largest absolute Gasteiger partial charge is 0.558 e. The lowest BCUT2D eigenvalue weighted by molar-refractivity contribution is 0.231. The molecule has 2 unspecified atom stereocenters. The SMILES string of the molecule is CCO[P+](=O)C(C#N)OS(=O)(=O)OC. The summed E-state index contributed by atoms with van der Waals surface area (Å²) in [7, 11) is -5.93. The van der Waals surface area contributed by atoms with Gasteiger partial charge in [0, 0.05) is 0 Å². The molecule has 0 N–H and O–H groups in total. The minimum absolute atomic E-state index is 0.0871. The molecule has 0 amide bonds. The van der Waals surface area contributed by atoms with Crippen LogP contribution in [0.4, 0.5) is 0 Å². The van der Waals surface area contributed by atoms with Crippen LogP contribution in [0.2, 0.25) is 0 Å². The average Bonchev–Trinajstić information content (AvgIpc) is 2.14. The van der Waals surface area contributed by atoms with Crippen molar-refractivity contribution < 1.29 is 25.9 Å². The summed E-state index contributed by atoms with van der Waals surface area (Å²) in [6, 6.07) is 1.39. The highest BCUT2D eigenvalue weighted by Crippen LogP contribution is 2.30. The molecule has 0 bridgehead atoms. The lowest BCUT2D eigenvalue weighted by Crippen LogP contribution is -2.15. The van der Waals surface area contributed by atoms with Crippen molar-refractivity contribution in [3.05, 3.63) is 0 Å². The zero-order chi connectivity index (χ0) is 11.2. The van der Waals surface area contributed by atoms with Gasteiger partial charge in [-0.15, -0.1) is 4.52 Å². The molecule has 0 saturated carbocycles. The van der Waals surface area contributed by atoms with Gasteiger partial charge in [0.2, 0.25) is 0 Å². The third-order valence-electron chi connectivity index (χ3n) is 0.971. The maximum absolute atomic E-state index is 11.0. The van der Waals surface area contributed by atoms with Crippen molar-refractivity contribution in [1.29, 1.82) is 5.26 Å². The van der Waals surface area contributed by atoms with E-state index in [0.29, 0.717) is 0 Å². The molecule has 0 heterocycles. The third-order valence-corrected chi connectivity index (χ3v) is 3.07. The molecule has 7 nitrogen and oxygen atoms in total. The first-order chi connectivity index (χ1) is 6.46. The normalized spacial score (nSPS) is 14.5. The minimum atomic E-state index is -4.28. The standard InChI is InChI=1S/C5H9NO6PS/c1-3-11-13(7)5(4-6)12-14(8,9)10-2/h5H,3H2,1-2H3/q+1. The van der Waals surface area contributed by atoms with Crippen LogP contribution >= 0.6 is 8.03 Å². The lowest BCUT2D eigenvalue weighted by atomic mass is 10.8. The van der Waals surface area contributed by atoms with Crippen LogP contribution in [-0.4, -0.2) is 28.0 Å². The molecule has 0 aromatic heterocycles. The van der Waals surface area contributed by atoms with Gasteiger partial charge in [0.25, 0.3) is 0 Å². The predicted molar refractivity (Wildman–Crippen MR) is 45.6 cm³/mol. The Morgan fingerprint density at radius 2 is 2.14 bits per heavy atom. The number of nitrogens with zero attached hydrogens (tertiary/aromatic N) is 1. The maximum Gasteiger partial charge on any atom is 0.558 e. The Bertz CT molecular complexity index is 333. The van der Waals surface area contributed by atoms with Crippen LogP contribution in [0, 0.1) is 11.3 Å². The highest BCUT2D eigenvalue weighted by molar-refractivity contribution is 7.82. The molecule has 0 aliphatic heterocycles. The lowest BCUT2D eigenvalue weighted by Gasteiger charge is -1.99. The zero-order valence-electron chi connectivity index (χ0n) is 7.54. The molecule has 0 aliphatic rings. The molecule has 0 fully saturated rings. The van der Waals surface area contributed by atoms with Crippen LogP contribution in [-0.2, 0) is 27.9 Å². The van der Waals surface area contributed by atoms with Gasteiger partial charge in [-0.3, -0.25) is 4.18 Å². The van der Waals surface area contributed by atoms with Gasteiger partial charge in [0.05, 0.1) is 13.7 Å². The van der Waals surface area contributed by atoms with Crippen molar-refractivity contribution in [2.24, 2.45) is 0 Å². The monoisotopic (exact) mass is 242 g/mol. The summed E-state index contributed by atoms with van der Waals surface area (Å²) in [5, 5.41) is 8.42. The van der Waals surface area contributed by atoms with Gasteiger partial charge >= 0.3 is 24.3 Å². The van der Waals surface area contributed by atoms with E-state index in [1.54, 1.807) is 6.92 Å². The second-order valence-electron chi connectivity index (χ2n) is 1.86. The van der Waals surface area contributed by atoms with Gasteiger partial charge < -0.3 is 0 Å². The van der Waals surface area contributed by atoms with Crippen molar-refractivity contribution >= 4 is 18.4 Å². The summed E-state index contributed by atoms with van der Waals surface area (Å²) < 4.78 is 45.0. The summed E-state index contributed by atoms with van der Waals surface area (Å²) in [5.74, 6) is -1.69. The quantitative estimate of drug-likeness (QED) is 0.625. The first-order valence-electron chi connectivity index (χ1n) is 3.44. The number of nitriles is 1. The highest BCUT2D eigenvalue weighted by Gasteiger charge is 2.38. The summed E-state index contributed by atoms with van der Waals surface area (Å²) >= 11 is 0. The molecule has 0 spiro atoms. The topological polar surface area (TPSA) is 103 Å². The minimum Gasteiger partial charge on any atom is -0.251 e. The summed E-state index contributed by atoms with van der Waals surface area (Å²) in [6.45, 7) is 1.64. The van der Waals surface area contributed by atoms with E-state index in [2.05, 4.69) is 12.9 Å². The molecule has 0 aromatic carbocycles. The number of hydrogen-bond donors (Lipinski definition) is 0. The second-order valence-corrected chi connectivity index (χ2v) is 4.50. The van der Waals surface area contributed by atoms with E-state index in [9.17, 15) is 13.0 Å². The fourth-order valence-electron chi connectivity index (χ4n) is 0.450. The predicted octanol–water partition coefficient (Wildman–Crippen LogP) is 0.523. The van der Waals surface area contributed by atoms with E-state index in [1.807, 2.05) is 0 Å². The molecule has 0 saturated heterocycles. The molecule has 9 heteroatoms. The zero-order valence-corrected chi connectivity index (χ0v) is 9.25. The van der Waals surface area contributed by atoms with Crippen LogP contribution in [0.15, 0.2) is 0 Å². The fourth-order valence-corrected chi connectivity index (χ4v) is 1.88. The molecule has 14 heavy (non-hydrogen) atoms. The Kier molecular flexibility index (Phi) is 5.76. The van der Waals surface area contributed by atoms with Gasteiger partial charge in [-0.05, 0) is 11.5 Å². The molecule has 2 atom stereocenters. The van der Waals surface area contributed by atoms with E-state index in [-0.39, 0.29) is 6.61 Å². The molecule has 0 aromatic rings. The molecule has 80 valence electrons. The van der Waals surface area contributed by atoms with Crippen molar-refractivity contribution in [3.8, 4) is 6.07 Å². The Balaban J connectivity index is 4.47. The Morgan fingerprint density at radius 1 is 1.57 bits per heavy atom. The Hall–Kier alpha value is -0.580. The van der Waals surface area contributed by atoms with Crippen molar-refractivity contribution in [2.75, 3.05) is 13.7 Å². The van der Waals surface area contributed by atoms with Crippen molar-refractivity contribution in [2.45, 2.75) is 12.8 Å². The number of rotatable bonds is 6. The first kappa shape index (κ1) is 13.4. The smallest absolute Gasteiger partial charge is 0.251 e. The molecular weight excluding hydrogens is 233 g/mol. The van der Waals surface area contributed by atoms with Crippen LogP contribution < -0.4 is 0 Å². The summed E-state index contributed by atoms with van der Waals surface area (Å²) in [5.41, 5.74) is 0. The number of hydrogen-bond acceptors (Lipinski definition) is 7. The first-order valence-corrected chi connectivity index (χ1v) is 6.02. The van der Waals surface area contributed by atoms with Crippen LogP contribution in [0.5, 0.6) is 0 Å². The van der Waals surface area contributed by atoms with Crippen molar-refractivity contribution in [3.63, 3.8) is 0 Å². The van der Waals surface area contributed by atoms with E-state index in [0.717, 1.165) is 7.11 Å². The van der Waals surface area contributed by atoms with Gasteiger partial charge in [-0.25, -0.2) is 0 Å². The van der Waals surface area contributed by atoms with Gasteiger partial charge in [0.15, 0.2) is 6.07 Å². The third kappa shape index (κ3) is 4.60.